The van der Waals surface area contributed by atoms with E-state index < -0.39 is 22.9 Å². The van der Waals surface area contributed by atoms with E-state index in [2.05, 4.69) is 0 Å². The first-order chi connectivity index (χ1) is 14.5. The Balaban J connectivity index is 2.46. The van der Waals surface area contributed by atoms with Gasteiger partial charge in [0, 0.05) is 15.4 Å². The summed E-state index contributed by atoms with van der Waals surface area (Å²) < 4.78 is 41.6. The van der Waals surface area contributed by atoms with Crippen molar-refractivity contribution >= 4 is 57.3 Å². The monoisotopic (exact) mass is 501 g/mol. The standard InChI is InChI=1S/C21H22Cl2NO5PS/c1-3-21(4-2,30(25,26)27)24(20-11-7-9-15-8-5-6-10-19(15)20)31(28,29)18-13-16(22)12-17(23)14-18/h5-14H,3-4H2,1-2H3,(H2,25,26,27). The molecular weight excluding hydrogens is 480 g/mol. The predicted molar refractivity (Wildman–Crippen MR) is 125 cm³/mol. The quantitative estimate of drug-likeness (QED) is 0.385. The van der Waals surface area contributed by atoms with Crippen LogP contribution in [0, 0.1) is 0 Å². The number of rotatable bonds is 7. The number of fused-ring (bicyclic) bond motifs is 1. The summed E-state index contributed by atoms with van der Waals surface area (Å²) in [6, 6.07) is 15.9. The van der Waals surface area contributed by atoms with Gasteiger partial charge in [-0.2, -0.15) is 0 Å². The molecule has 0 aromatic heterocycles. The van der Waals surface area contributed by atoms with Gasteiger partial charge in [-0.15, -0.1) is 0 Å². The van der Waals surface area contributed by atoms with E-state index in [4.69, 9.17) is 23.2 Å². The molecule has 3 rings (SSSR count). The zero-order chi connectivity index (χ0) is 23.0. The Morgan fingerprint density at radius 3 is 2.03 bits per heavy atom. The number of benzene rings is 3. The molecule has 31 heavy (non-hydrogen) atoms. The van der Waals surface area contributed by atoms with Crippen LogP contribution in [0.25, 0.3) is 10.8 Å². The molecule has 0 amide bonds. The molecule has 0 saturated carbocycles. The van der Waals surface area contributed by atoms with Crippen LogP contribution in [0.1, 0.15) is 26.7 Å². The molecular formula is C21H22Cl2NO5PS. The molecule has 3 aromatic carbocycles. The largest absolute Gasteiger partial charge is 0.351 e. The second-order valence-electron chi connectivity index (χ2n) is 7.11. The second kappa shape index (κ2) is 8.74. The summed E-state index contributed by atoms with van der Waals surface area (Å²) in [6.07, 6.45) is -0.241. The second-order valence-corrected chi connectivity index (χ2v) is 11.7. The maximum absolute atomic E-state index is 14.0. The highest BCUT2D eigenvalue weighted by molar-refractivity contribution is 7.93. The molecule has 0 aliphatic heterocycles. The Hall–Kier alpha value is -1.60. The highest BCUT2D eigenvalue weighted by atomic mass is 35.5. The number of halogens is 2. The van der Waals surface area contributed by atoms with E-state index in [9.17, 15) is 22.8 Å². The van der Waals surface area contributed by atoms with Gasteiger partial charge in [-0.05, 0) is 42.5 Å². The Labute approximate surface area is 191 Å². The van der Waals surface area contributed by atoms with Crippen LogP contribution < -0.4 is 4.31 Å². The van der Waals surface area contributed by atoms with Crippen LogP contribution in [0.5, 0.6) is 0 Å². The van der Waals surface area contributed by atoms with Crippen LogP contribution >= 0.6 is 30.8 Å². The van der Waals surface area contributed by atoms with E-state index >= 15 is 0 Å². The third-order valence-corrected chi connectivity index (χ3v) is 9.76. The first kappa shape index (κ1) is 24.1. The number of anilines is 1. The summed E-state index contributed by atoms with van der Waals surface area (Å²) in [5.74, 6) is 0. The van der Waals surface area contributed by atoms with Gasteiger partial charge in [0.25, 0.3) is 10.0 Å². The Morgan fingerprint density at radius 2 is 1.48 bits per heavy atom. The van der Waals surface area contributed by atoms with E-state index in [-0.39, 0.29) is 33.5 Å². The van der Waals surface area contributed by atoms with Gasteiger partial charge in [0.1, 0.15) is 0 Å². The molecule has 0 aliphatic carbocycles. The molecule has 0 radical (unpaired) electrons. The van der Waals surface area contributed by atoms with Gasteiger partial charge >= 0.3 is 7.60 Å². The zero-order valence-electron chi connectivity index (χ0n) is 16.9. The normalized spacial score (nSPS) is 12.8. The summed E-state index contributed by atoms with van der Waals surface area (Å²) in [5.41, 5.74) is 0.168. The first-order valence-electron chi connectivity index (χ1n) is 9.53. The molecule has 0 aliphatic rings. The fraction of sp³-hybridized carbons (Fsp3) is 0.238. The smallest absolute Gasteiger partial charge is 0.323 e. The number of nitrogens with zero attached hydrogens (tertiary/aromatic N) is 1. The van der Waals surface area contributed by atoms with Crippen molar-refractivity contribution in [3.63, 3.8) is 0 Å². The van der Waals surface area contributed by atoms with Gasteiger partial charge in [-0.1, -0.05) is 73.4 Å². The average molecular weight is 502 g/mol. The molecule has 0 heterocycles. The van der Waals surface area contributed by atoms with Crippen molar-refractivity contribution in [1.29, 1.82) is 0 Å². The Morgan fingerprint density at radius 1 is 0.935 bits per heavy atom. The minimum absolute atomic E-state index is 0.0960. The molecule has 166 valence electrons. The van der Waals surface area contributed by atoms with E-state index in [1.54, 1.807) is 56.3 Å². The SMILES string of the molecule is CCC(CC)(N(c1cccc2ccccc12)S(=O)(=O)c1cc(Cl)cc(Cl)c1)P(=O)(O)O. The third-order valence-electron chi connectivity index (χ3n) is 5.41. The fourth-order valence-corrected chi connectivity index (χ4v) is 8.16. The van der Waals surface area contributed by atoms with Crippen molar-refractivity contribution < 1.29 is 22.8 Å². The van der Waals surface area contributed by atoms with Crippen molar-refractivity contribution in [3.8, 4) is 0 Å². The van der Waals surface area contributed by atoms with Crippen LogP contribution in [0.3, 0.4) is 0 Å². The molecule has 0 saturated heterocycles. The van der Waals surface area contributed by atoms with E-state index in [0.717, 1.165) is 9.69 Å². The summed E-state index contributed by atoms with van der Waals surface area (Å²) in [7, 11) is -9.45. The predicted octanol–water partition coefficient (Wildman–Crippen LogP) is 6.04. The molecule has 0 spiro atoms. The lowest BCUT2D eigenvalue weighted by atomic mass is 10.1. The van der Waals surface area contributed by atoms with Gasteiger partial charge in [0.15, 0.2) is 5.28 Å². The third kappa shape index (κ3) is 4.23. The van der Waals surface area contributed by atoms with Crippen LogP contribution in [-0.4, -0.2) is 23.5 Å². The summed E-state index contributed by atoms with van der Waals surface area (Å²) in [6.45, 7) is 3.11. The molecule has 3 aromatic rings. The minimum Gasteiger partial charge on any atom is -0.323 e. The molecule has 0 unspecified atom stereocenters. The lowest BCUT2D eigenvalue weighted by Gasteiger charge is -2.43. The Bertz CT molecular complexity index is 1250. The van der Waals surface area contributed by atoms with Crippen molar-refractivity contribution in [2.45, 2.75) is 36.9 Å². The maximum Gasteiger partial charge on any atom is 0.351 e. The maximum atomic E-state index is 14.0. The van der Waals surface area contributed by atoms with Gasteiger partial charge in [-0.3, -0.25) is 4.57 Å². The first-order valence-corrected chi connectivity index (χ1v) is 13.3. The molecule has 0 atom stereocenters. The lowest BCUT2D eigenvalue weighted by molar-refractivity contribution is 0.317. The fourth-order valence-electron chi connectivity index (χ4n) is 3.81. The molecule has 0 fully saturated rings. The summed E-state index contributed by atoms with van der Waals surface area (Å²) in [4.78, 5) is 20.6. The van der Waals surface area contributed by atoms with Gasteiger partial charge in [0.05, 0.1) is 10.6 Å². The van der Waals surface area contributed by atoms with Crippen LogP contribution in [-0.2, 0) is 14.6 Å². The van der Waals surface area contributed by atoms with Gasteiger partial charge in [-0.25, -0.2) is 12.7 Å². The van der Waals surface area contributed by atoms with E-state index in [1.807, 2.05) is 0 Å². The highest BCUT2D eigenvalue weighted by Gasteiger charge is 2.54. The molecule has 2 N–H and O–H groups in total. The lowest BCUT2D eigenvalue weighted by Crippen LogP contribution is -2.51. The molecule has 6 nitrogen and oxygen atoms in total. The van der Waals surface area contributed by atoms with Crippen LogP contribution in [0.15, 0.2) is 65.6 Å². The number of hydrogen-bond donors (Lipinski definition) is 2. The topological polar surface area (TPSA) is 94.9 Å². The van der Waals surface area contributed by atoms with E-state index in [0.29, 0.717) is 5.39 Å². The van der Waals surface area contributed by atoms with Crippen molar-refractivity contribution in [1.82, 2.24) is 0 Å². The van der Waals surface area contributed by atoms with Crippen molar-refractivity contribution in [2.75, 3.05) is 4.31 Å². The van der Waals surface area contributed by atoms with Gasteiger partial charge in [0.2, 0.25) is 0 Å². The van der Waals surface area contributed by atoms with E-state index in [1.165, 1.54) is 18.2 Å². The highest BCUT2D eigenvalue weighted by Crippen LogP contribution is 2.59. The zero-order valence-corrected chi connectivity index (χ0v) is 20.1. The van der Waals surface area contributed by atoms with Crippen LogP contribution in [0.4, 0.5) is 5.69 Å². The van der Waals surface area contributed by atoms with Crippen molar-refractivity contribution in [2.24, 2.45) is 0 Å². The van der Waals surface area contributed by atoms with Crippen molar-refractivity contribution in [3.05, 3.63) is 70.7 Å². The number of sulfonamides is 1. The summed E-state index contributed by atoms with van der Waals surface area (Å²) in [5, 5.41) is -0.542. The average Bonchev–Trinajstić information content (AvgIpc) is 2.70. The number of hydrogen-bond acceptors (Lipinski definition) is 3. The molecule has 10 heteroatoms. The molecule has 0 bridgehead atoms. The van der Waals surface area contributed by atoms with Crippen LogP contribution in [0.2, 0.25) is 10.0 Å². The minimum atomic E-state index is -4.97. The Kier molecular flexibility index (Phi) is 6.78. The summed E-state index contributed by atoms with van der Waals surface area (Å²) >= 11 is 12.1. The van der Waals surface area contributed by atoms with Gasteiger partial charge < -0.3 is 9.79 Å².